The number of para-hydroxylation sites is 4. The Morgan fingerprint density at radius 3 is 1.24 bits per heavy atom. The normalized spacial score (nSPS) is 11.6. The number of anilines is 6. The molecule has 0 spiro atoms. The van der Waals surface area contributed by atoms with Gasteiger partial charge in [0.1, 0.15) is 0 Å². The minimum Gasteiger partial charge on any atom is -0.311 e. The average molecular weight is 1200 g/mol. The average Bonchev–Trinajstić information content (AvgIpc) is 1.55. The second-order valence-electron chi connectivity index (χ2n) is 24.4. The van der Waals surface area contributed by atoms with E-state index in [0.717, 1.165) is 67.7 Å². The van der Waals surface area contributed by atoms with E-state index in [-0.39, 0.29) is 0 Å². The molecule has 0 bridgehead atoms. The molecule has 94 heavy (non-hydrogen) atoms. The molecule has 0 saturated carbocycles. The van der Waals surface area contributed by atoms with Crippen LogP contribution < -0.4 is 9.80 Å². The molecule has 2 heterocycles. The van der Waals surface area contributed by atoms with Crippen LogP contribution in [0.25, 0.3) is 132 Å². The Balaban J connectivity index is 0.808. The molecule has 0 amide bonds. The van der Waals surface area contributed by atoms with Gasteiger partial charge in [-0.1, -0.05) is 237 Å². The minimum atomic E-state index is 1.06. The molecule has 0 atom stereocenters. The van der Waals surface area contributed by atoms with Crippen LogP contribution in [0.5, 0.6) is 0 Å². The quantitative estimate of drug-likeness (QED) is 0.121. The van der Waals surface area contributed by atoms with Gasteiger partial charge in [-0.15, -0.1) is 0 Å². The van der Waals surface area contributed by atoms with E-state index in [1.54, 1.807) is 0 Å². The van der Waals surface area contributed by atoms with Crippen LogP contribution in [0.3, 0.4) is 0 Å². The maximum atomic E-state index is 2.52. The van der Waals surface area contributed by atoms with E-state index in [9.17, 15) is 0 Å². The van der Waals surface area contributed by atoms with Crippen LogP contribution in [0.15, 0.2) is 364 Å². The molecule has 0 radical (unpaired) electrons. The SMILES string of the molecule is c1ccc(-c2ccc(-n3c4ccccc4c4cc5ccccc5c(-c5ccc(N(c6ccccc6)c6cccc(-c7cccc8c7c7cc9ccccc9c(-c9ccc%10ccccc%10c9)c7n8-c7ccc(N(c8ccccc8)c8ccccc8)cc7)c6)cc5)c43)cc2)cc1. The molecule has 4 heteroatoms. The molecule has 0 aliphatic rings. The summed E-state index contributed by atoms with van der Waals surface area (Å²) in [6.45, 7) is 0. The summed E-state index contributed by atoms with van der Waals surface area (Å²) in [7, 11) is 0. The van der Waals surface area contributed by atoms with Crippen LogP contribution in [-0.2, 0) is 0 Å². The van der Waals surface area contributed by atoms with Crippen molar-refractivity contribution in [3.05, 3.63) is 364 Å². The van der Waals surface area contributed by atoms with Crippen LogP contribution in [0.4, 0.5) is 34.1 Å². The summed E-state index contributed by atoms with van der Waals surface area (Å²) >= 11 is 0. The predicted octanol–water partition coefficient (Wildman–Crippen LogP) is 24.9. The molecule has 18 rings (SSSR count). The molecule has 0 saturated heterocycles. The molecular weight excluding hydrogens is 1140 g/mol. The summed E-state index contributed by atoms with van der Waals surface area (Å²) < 4.78 is 5.00. The van der Waals surface area contributed by atoms with Crippen molar-refractivity contribution in [1.29, 1.82) is 0 Å². The van der Waals surface area contributed by atoms with Gasteiger partial charge in [0, 0.05) is 78.2 Å². The van der Waals surface area contributed by atoms with E-state index < -0.39 is 0 Å². The summed E-state index contributed by atoms with van der Waals surface area (Å²) in [5.74, 6) is 0. The number of hydrogen-bond donors (Lipinski definition) is 0. The van der Waals surface area contributed by atoms with Crippen molar-refractivity contribution >= 4 is 110 Å². The highest BCUT2D eigenvalue weighted by Gasteiger charge is 2.25. The van der Waals surface area contributed by atoms with Gasteiger partial charge in [0.25, 0.3) is 0 Å². The Morgan fingerprint density at radius 2 is 0.606 bits per heavy atom. The molecule has 0 unspecified atom stereocenters. The third kappa shape index (κ3) is 9.22. The van der Waals surface area contributed by atoms with E-state index in [1.807, 2.05) is 0 Å². The molecule has 18 aromatic rings. The van der Waals surface area contributed by atoms with Crippen LogP contribution in [0.2, 0.25) is 0 Å². The van der Waals surface area contributed by atoms with E-state index in [2.05, 4.69) is 383 Å². The first kappa shape index (κ1) is 54.4. The third-order valence-electron chi connectivity index (χ3n) is 19.0. The number of nitrogens with zero attached hydrogens (tertiary/aromatic N) is 4. The molecule has 0 aliphatic heterocycles. The monoisotopic (exact) mass is 1200 g/mol. The van der Waals surface area contributed by atoms with Crippen molar-refractivity contribution in [2.75, 3.05) is 9.80 Å². The first-order valence-corrected chi connectivity index (χ1v) is 32.3. The summed E-state index contributed by atoms with van der Waals surface area (Å²) in [5, 5.41) is 12.1. The lowest BCUT2D eigenvalue weighted by atomic mass is 9.92. The highest BCUT2D eigenvalue weighted by Crippen LogP contribution is 2.49. The maximum Gasteiger partial charge on any atom is 0.0626 e. The zero-order valence-electron chi connectivity index (χ0n) is 51.4. The molecule has 0 N–H and O–H groups in total. The largest absolute Gasteiger partial charge is 0.311 e. The predicted molar refractivity (Wildman–Crippen MR) is 399 cm³/mol. The van der Waals surface area contributed by atoms with Gasteiger partial charge >= 0.3 is 0 Å². The van der Waals surface area contributed by atoms with Gasteiger partial charge in [-0.25, -0.2) is 0 Å². The van der Waals surface area contributed by atoms with Crippen LogP contribution in [0, 0.1) is 0 Å². The van der Waals surface area contributed by atoms with Gasteiger partial charge in [0.2, 0.25) is 0 Å². The zero-order chi connectivity index (χ0) is 62.1. The van der Waals surface area contributed by atoms with Crippen LogP contribution in [-0.4, -0.2) is 9.13 Å². The summed E-state index contributed by atoms with van der Waals surface area (Å²) in [4.78, 5) is 4.74. The minimum absolute atomic E-state index is 1.06. The topological polar surface area (TPSA) is 16.3 Å². The Morgan fingerprint density at radius 1 is 0.202 bits per heavy atom. The van der Waals surface area contributed by atoms with Crippen LogP contribution >= 0.6 is 0 Å². The fourth-order valence-corrected chi connectivity index (χ4v) is 14.8. The highest BCUT2D eigenvalue weighted by atomic mass is 15.1. The van der Waals surface area contributed by atoms with Crippen molar-refractivity contribution in [1.82, 2.24) is 9.13 Å². The van der Waals surface area contributed by atoms with E-state index in [1.165, 1.54) is 98.2 Å². The van der Waals surface area contributed by atoms with Crippen molar-refractivity contribution < 1.29 is 0 Å². The van der Waals surface area contributed by atoms with E-state index >= 15 is 0 Å². The molecule has 4 nitrogen and oxygen atoms in total. The Labute approximate surface area is 545 Å². The van der Waals surface area contributed by atoms with Gasteiger partial charge in [-0.05, 0) is 193 Å². The third-order valence-corrected chi connectivity index (χ3v) is 19.0. The molecular formula is C90H60N4. The lowest BCUT2D eigenvalue weighted by molar-refractivity contribution is 1.18. The number of hydrogen-bond acceptors (Lipinski definition) is 2. The number of aromatic nitrogens is 2. The fraction of sp³-hybridized carbons (Fsp3) is 0. The smallest absolute Gasteiger partial charge is 0.0626 e. The molecule has 2 aromatic heterocycles. The van der Waals surface area contributed by atoms with Crippen molar-refractivity contribution in [2.45, 2.75) is 0 Å². The Hall–Kier alpha value is -12.5. The Bertz CT molecular complexity index is 5840. The van der Waals surface area contributed by atoms with Crippen molar-refractivity contribution in [2.24, 2.45) is 0 Å². The fourth-order valence-electron chi connectivity index (χ4n) is 14.8. The highest BCUT2D eigenvalue weighted by molar-refractivity contribution is 6.25. The summed E-state index contributed by atoms with van der Waals surface area (Å²) in [6, 6.07) is 133. The zero-order valence-corrected chi connectivity index (χ0v) is 51.4. The summed E-state index contributed by atoms with van der Waals surface area (Å²) in [5.41, 5.74) is 22.7. The van der Waals surface area contributed by atoms with Crippen LogP contribution in [0.1, 0.15) is 0 Å². The lowest BCUT2D eigenvalue weighted by Gasteiger charge is -2.26. The van der Waals surface area contributed by atoms with Gasteiger partial charge in [0.05, 0.1) is 22.1 Å². The van der Waals surface area contributed by atoms with Gasteiger partial charge in [-0.2, -0.15) is 0 Å². The second-order valence-corrected chi connectivity index (χ2v) is 24.4. The molecule has 16 aromatic carbocycles. The van der Waals surface area contributed by atoms with E-state index in [4.69, 9.17) is 0 Å². The molecule has 0 aliphatic carbocycles. The first-order valence-electron chi connectivity index (χ1n) is 32.3. The van der Waals surface area contributed by atoms with Gasteiger partial charge in [-0.3, -0.25) is 0 Å². The first-order chi connectivity index (χ1) is 46.6. The molecule has 440 valence electrons. The number of fused-ring (bicyclic) bond motifs is 9. The van der Waals surface area contributed by atoms with Crippen molar-refractivity contribution in [3.63, 3.8) is 0 Å². The van der Waals surface area contributed by atoms with Gasteiger partial charge < -0.3 is 18.9 Å². The lowest BCUT2D eigenvalue weighted by Crippen LogP contribution is -2.10. The van der Waals surface area contributed by atoms with Crippen molar-refractivity contribution in [3.8, 4) is 55.9 Å². The Kier molecular flexibility index (Phi) is 13.2. The molecule has 0 fully saturated rings. The maximum absolute atomic E-state index is 2.52. The number of rotatable bonds is 12. The second kappa shape index (κ2) is 22.8. The summed E-state index contributed by atoms with van der Waals surface area (Å²) in [6.07, 6.45) is 0. The standard InChI is InChI=1S/C90H60N4/c1-5-23-61(24-6-1)63-45-49-75(50-46-63)93-84-41-20-19-39-81(84)82-59-67-27-15-17-37-78(67)86(89(82)93)64-47-51-73(52-48-64)92(72-34-11-4-12-35-72)77-36-21-29-66(58-77)80-40-22-42-85-88(80)83-60-68-28-16-18-38-79(68)87(69-44-43-62-25-13-14-26-65(62)57-69)90(83)94(85)76-55-53-74(54-56-76)91(70-30-7-2-8-31-70)71-32-9-3-10-33-71/h1-60H. The van der Waals surface area contributed by atoms with E-state index in [0.29, 0.717) is 0 Å². The van der Waals surface area contributed by atoms with Gasteiger partial charge in [0.15, 0.2) is 0 Å². The number of benzene rings is 16.